The number of hydrogen-bond acceptors (Lipinski definition) is 6. The Morgan fingerprint density at radius 2 is 1.75 bits per heavy atom. The Bertz CT molecular complexity index is 1720. The molecule has 0 aromatic carbocycles. The molecular formula is C27H22N8O. The second kappa shape index (κ2) is 8.70. The molecule has 6 rings (SSSR count). The molecule has 0 saturated heterocycles. The summed E-state index contributed by atoms with van der Waals surface area (Å²) in [6.45, 7) is 3.70. The molecular weight excluding hydrogens is 452 g/mol. The van der Waals surface area contributed by atoms with Crippen LogP contribution in [-0.2, 0) is 4.79 Å². The van der Waals surface area contributed by atoms with Gasteiger partial charge in [-0.05, 0) is 36.4 Å². The number of H-pyrrole nitrogens is 2. The lowest BCUT2D eigenvalue weighted by Crippen LogP contribution is -2.17. The number of nitrogens with one attached hydrogen (secondary N) is 3. The van der Waals surface area contributed by atoms with E-state index >= 15 is 0 Å². The van der Waals surface area contributed by atoms with E-state index in [0.29, 0.717) is 5.69 Å². The van der Waals surface area contributed by atoms with Gasteiger partial charge in [0.15, 0.2) is 0 Å². The standard InChI is InChI=1S/C27H22N8O/c1-15(2)27(36)32-17-9-16(12-28-13-17)22-10-19-24(14-31-22)34-35-26(19)23-11-18-20(33-23)6-8-30-25(18)21-5-3-4-7-29-21/h3-15,33H,1-2H3,(H,32,36)(H,34,35). The summed E-state index contributed by atoms with van der Waals surface area (Å²) in [6.07, 6.45) is 8.65. The lowest BCUT2D eigenvalue weighted by atomic mass is 10.1. The van der Waals surface area contributed by atoms with E-state index in [9.17, 15) is 4.79 Å². The average Bonchev–Trinajstić information content (AvgIpc) is 3.53. The number of fused-ring (bicyclic) bond motifs is 2. The quantitative estimate of drug-likeness (QED) is 0.315. The number of aromatic nitrogens is 7. The molecule has 9 nitrogen and oxygen atoms in total. The molecule has 0 radical (unpaired) electrons. The van der Waals surface area contributed by atoms with Gasteiger partial charge in [0, 0.05) is 46.4 Å². The van der Waals surface area contributed by atoms with Crippen molar-refractivity contribution in [2.75, 3.05) is 5.32 Å². The van der Waals surface area contributed by atoms with E-state index in [1.807, 2.05) is 56.3 Å². The topological polar surface area (TPSA) is 125 Å². The fourth-order valence-electron chi connectivity index (χ4n) is 4.10. The van der Waals surface area contributed by atoms with Gasteiger partial charge in [-0.3, -0.25) is 29.8 Å². The molecule has 0 bridgehead atoms. The first-order chi connectivity index (χ1) is 17.6. The van der Waals surface area contributed by atoms with E-state index in [1.165, 1.54) is 0 Å². The van der Waals surface area contributed by atoms with Crippen LogP contribution in [0.4, 0.5) is 5.69 Å². The highest BCUT2D eigenvalue weighted by molar-refractivity contribution is 6.00. The highest BCUT2D eigenvalue weighted by Gasteiger charge is 2.16. The van der Waals surface area contributed by atoms with Gasteiger partial charge in [-0.25, -0.2) is 0 Å². The van der Waals surface area contributed by atoms with Crippen molar-refractivity contribution < 1.29 is 4.79 Å². The number of nitrogens with zero attached hydrogens (tertiary/aromatic N) is 5. The van der Waals surface area contributed by atoms with Gasteiger partial charge in [-0.1, -0.05) is 19.9 Å². The normalized spacial score (nSPS) is 11.4. The number of anilines is 1. The summed E-state index contributed by atoms with van der Waals surface area (Å²) in [6, 6.07) is 13.6. The summed E-state index contributed by atoms with van der Waals surface area (Å²) in [5.41, 5.74) is 7.16. The molecule has 6 aromatic rings. The van der Waals surface area contributed by atoms with Gasteiger partial charge in [-0.15, -0.1) is 0 Å². The summed E-state index contributed by atoms with van der Waals surface area (Å²) in [5.74, 6) is -0.186. The number of pyridine rings is 4. The third kappa shape index (κ3) is 3.86. The van der Waals surface area contributed by atoms with Crippen LogP contribution in [-0.4, -0.2) is 41.0 Å². The van der Waals surface area contributed by atoms with Gasteiger partial charge in [0.2, 0.25) is 5.91 Å². The first-order valence-electron chi connectivity index (χ1n) is 11.6. The zero-order chi connectivity index (χ0) is 24.6. The number of amides is 1. The number of rotatable bonds is 5. The smallest absolute Gasteiger partial charge is 0.226 e. The predicted molar refractivity (Wildman–Crippen MR) is 139 cm³/mol. The Morgan fingerprint density at radius 3 is 2.58 bits per heavy atom. The Morgan fingerprint density at radius 1 is 0.861 bits per heavy atom. The highest BCUT2D eigenvalue weighted by atomic mass is 16.1. The van der Waals surface area contributed by atoms with Crippen LogP contribution < -0.4 is 5.32 Å². The van der Waals surface area contributed by atoms with Crippen molar-refractivity contribution in [1.82, 2.24) is 35.1 Å². The first kappa shape index (κ1) is 21.6. The molecule has 0 aliphatic carbocycles. The summed E-state index contributed by atoms with van der Waals surface area (Å²) in [5, 5.41) is 12.4. The van der Waals surface area contributed by atoms with Gasteiger partial charge in [0.25, 0.3) is 0 Å². The maximum atomic E-state index is 12.1. The fraction of sp³-hybridized carbons (Fsp3) is 0.111. The zero-order valence-electron chi connectivity index (χ0n) is 19.6. The SMILES string of the molecule is CC(C)C(=O)Nc1cncc(-c2cc3c(-c4cc5c(-c6ccccn6)nccc5[nH]4)n[nH]c3cn2)c1. The number of carbonyl (C=O) groups is 1. The Labute approximate surface area is 206 Å². The zero-order valence-corrected chi connectivity index (χ0v) is 19.6. The number of carbonyl (C=O) groups excluding carboxylic acids is 1. The van der Waals surface area contributed by atoms with E-state index < -0.39 is 0 Å². The van der Waals surface area contributed by atoms with Crippen molar-refractivity contribution in [2.45, 2.75) is 13.8 Å². The molecule has 0 aliphatic rings. The van der Waals surface area contributed by atoms with Crippen molar-refractivity contribution >= 4 is 33.4 Å². The van der Waals surface area contributed by atoms with E-state index in [2.05, 4.69) is 40.4 Å². The number of hydrogen-bond donors (Lipinski definition) is 3. The van der Waals surface area contributed by atoms with Crippen LogP contribution in [0.15, 0.2) is 73.4 Å². The molecule has 36 heavy (non-hydrogen) atoms. The lowest BCUT2D eigenvalue weighted by Gasteiger charge is -2.08. The van der Waals surface area contributed by atoms with Crippen molar-refractivity contribution in [3.63, 3.8) is 0 Å². The Kier molecular flexibility index (Phi) is 5.22. The summed E-state index contributed by atoms with van der Waals surface area (Å²) in [4.78, 5) is 33.5. The van der Waals surface area contributed by atoms with Gasteiger partial charge >= 0.3 is 0 Å². The fourth-order valence-corrected chi connectivity index (χ4v) is 4.10. The second-order valence-electron chi connectivity index (χ2n) is 8.81. The molecule has 176 valence electrons. The van der Waals surface area contributed by atoms with Crippen molar-refractivity contribution in [2.24, 2.45) is 5.92 Å². The minimum atomic E-state index is -0.124. The minimum Gasteiger partial charge on any atom is -0.353 e. The van der Waals surface area contributed by atoms with Crippen LogP contribution in [0.3, 0.4) is 0 Å². The van der Waals surface area contributed by atoms with Crippen LogP contribution >= 0.6 is 0 Å². The van der Waals surface area contributed by atoms with E-state index in [1.54, 1.807) is 31.0 Å². The highest BCUT2D eigenvalue weighted by Crippen LogP contribution is 2.33. The molecule has 0 atom stereocenters. The van der Waals surface area contributed by atoms with Crippen molar-refractivity contribution in [1.29, 1.82) is 0 Å². The third-order valence-electron chi connectivity index (χ3n) is 5.98. The molecule has 0 spiro atoms. The summed E-state index contributed by atoms with van der Waals surface area (Å²) < 4.78 is 0. The Hall–Kier alpha value is -4.92. The first-order valence-corrected chi connectivity index (χ1v) is 11.6. The van der Waals surface area contributed by atoms with E-state index in [-0.39, 0.29) is 11.8 Å². The van der Waals surface area contributed by atoms with Crippen LogP contribution in [0, 0.1) is 5.92 Å². The molecule has 1 amide bonds. The molecule has 3 N–H and O–H groups in total. The lowest BCUT2D eigenvalue weighted by molar-refractivity contribution is -0.118. The maximum absolute atomic E-state index is 12.1. The van der Waals surface area contributed by atoms with Gasteiger partial charge < -0.3 is 10.3 Å². The van der Waals surface area contributed by atoms with Crippen molar-refractivity contribution in [3.05, 3.63) is 73.4 Å². The van der Waals surface area contributed by atoms with Crippen molar-refractivity contribution in [3.8, 4) is 34.0 Å². The Balaban J connectivity index is 1.41. The van der Waals surface area contributed by atoms with Gasteiger partial charge in [-0.2, -0.15) is 5.10 Å². The van der Waals surface area contributed by atoms with E-state index in [4.69, 9.17) is 0 Å². The second-order valence-corrected chi connectivity index (χ2v) is 8.81. The van der Waals surface area contributed by atoms with Crippen LogP contribution in [0.2, 0.25) is 0 Å². The minimum absolute atomic E-state index is 0.0622. The van der Waals surface area contributed by atoms with Crippen LogP contribution in [0.1, 0.15) is 13.8 Å². The molecule has 6 aromatic heterocycles. The number of aromatic amines is 2. The third-order valence-corrected chi connectivity index (χ3v) is 5.98. The molecule has 0 aliphatic heterocycles. The summed E-state index contributed by atoms with van der Waals surface area (Å²) >= 11 is 0. The van der Waals surface area contributed by atoms with Crippen LogP contribution in [0.5, 0.6) is 0 Å². The predicted octanol–water partition coefficient (Wildman–Crippen LogP) is 5.22. The largest absolute Gasteiger partial charge is 0.353 e. The molecule has 0 saturated carbocycles. The molecule has 9 heteroatoms. The van der Waals surface area contributed by atoms with Gasteiger partial charge in [0.05, 0.1) is 46.4 Å². The monoisotopic (exact) mass is 474 g/mol. The summed E-state index contributed by atoms with van der Waals surface area (Å²) in [7, 11) is 0. The molecule has 6 heterocycles. The molecule has 0 unspecified atom stereocenters. The molecule has 0 fully saturated rings. The van der Waals surface area contributed by atoms with E-state index in [0.717, 1.165) is 55.8 Å². The van der Waals surface area contributed by atoms with Crippen LogP contribution in [0.25, 0.3) is 55.8 Å². The maximum Gasteiger partial charge on any atom is 0.226 e. The average molecular weight is 475 g/mol. The van der Waals surface area contributed by atoms with Gasteiger partial charge in [0.1, 0.15) is 5.69 Å².